The molecule has 1 aliphatic rings. The van der Waals surface area contributed by atoms with E-state index in [4.69, 9.17) is 15.6 Å². The van der Waals surface area contributed by atoms with Crippen molar-refractivity contribution in [3.8, 4) is 11.5 Å². The molecule has 3 heteroatoms. The lowest BCUT2D eigenvalue weighted by molar-refractivity contribution is 0.157. The van der Waals surface area contributed by atoms with E-state index in [-0.39, 0.29) is 11.2 Å². The highest BCUT2D eigenvalue weighted by molar-refractivity contribution is 5.30. The highest BCUT2D eigenvalue weighted by Gasteiger charge is 2.33. The average Bonchev–Trinajstić information content (AvgIpc) is 2.78. The summed E-state index contributed by atoms with van der Waals surface area (Å²) in [6.45, 7) is 1.39. The summed E-state index contributed by atoms with van der Waals surface area (Å²) in [6.07, 6.45) is 4.86. The fourth-order valence-electron chi connectivity index (χ4n) is 2.31. The number of rotatable bonds is 4. The lowest BCUT2D eigenvalue weighted by Gasteiger charge is -2.26. The van der Waals surface area contributed by atoms with Gasteiger partial charge in [-0.15, -0.1) is 0 Å². The summed E-state index contributed by atoms with van der Waals surface area (Å²) in [5.74, 6) is 1.07. The monoisotopic (exact) mass is 221 g/mol. The highest BCUT2D eigenvalue weighted by Crippen LogP contribution is 2.37. The van der Waals surface area contributed by atoms with E-state index >= 15 is 0 Å². The van der Waals surface area contributed by atoms with Gasteiger partial charge in [-0.25, -0.2) is 0 Å². The molecule has 0 amide bonds. The number of phenolic OH excluding ortho intramolecular Hbond substituents is 1. The van der Waals surface area contributed by atoms with Gasteiger partial charge >= 0.3 is 0 Å². The normalized spacial score (nSPS) is 18.6. The summed E-state index contributed by atoms with van der Waals surface area (Å²) >= 11 is 0. The molecular formula is C13H19NO2. The topological polar surface area (TPSA) is 55.5 Å². The van der Waals surface area contributed by atoms with Crippen molar-refractivity contribution in [2.45, 2.75) is 25.7 Å². The maximum absolute atomic E-state index is 9.16. The largest absolute Gasteiger partial charge is 0.508 e. The van der Waals surface area contributed by atoms with Crippen molar-refractivity contribution in [2.75, 3.05) is 13.2 Å². The molecule has 0 saturated heterocycles. The van der Waals surface area contributed by atoms with Crippen molar-refractivity contribution in [3.63, 3.8) is 0 Å². The Bertz CT molecular complexity index is 328. The highest BCUT2D eigenvalue weighted by atomic mass is 16.5. The molecule has 3 nitrogen and oxygen atoms in total. The number of phenols is 1. The molecule has 1 aliphatic carbocycles. The lowest BCUT2D eigenvalue weighted by Crippen LogP contribution is -2.33. The Balaban J connectivity index is 1.93. The van der Waals surface area contributed by atoms with Crippen LogP contribution in [0.3, 0.4) is 0 Å². The molecule has 0 radical (unpaired) electrons. The second-order valence-electron chi connectivity index (χ2n) is 4.69. The van der Waals surface area contributed by atoms with Crippen molar-refractivity contribution < 1.29 is 9.84 Å². The predicted molar refractivity (Wildman–Crippen MR) is 63.6 cm³/mol. The Hall–Kier alpha value is -1.22. The molecule has 2 rings (SSSR count). The van der Waals surface area contributed by atoms with Crippen molar-refractivity contribution in [1.29, 1.82) is 0 Å². The maximum Gasteiger partial charge on any atom is 0.119 e. The molecule has 1 saturated carbocycles. The zero-order chi connectivity index (χ0) is 11.4. The van der Waals surface area contributed by atoms with Crippen LogP contribution in [0.1, 0.15) is 25.7 Å². The van der Waals surface area contributed by atoms with Gasteiger partial charge in [-0.1, -0.05) is 12.8 Å². The SMILES string of the molecule is NCC1(COc2ccc(O)cc2)CCCC1. The molecule has 0 atom stereocenters. The first-order valence-electron chi connectivity index (χ1n) is 5.86. The van der Waals surface area contributed by atoms with Gasteiger partial charge in [-0.05, 0) is 37.1 Å². The Labute approximate surface area is 96.2 Å². The third-order valence-electron chi connectivity index (χ3n) is 3.48. The zero-order valence-corrected chi connectivity index (χ0v) is 9.48. The van der Waals surface area contributed by atoms with Crippen LogP contribution in [-0.2, 0) is 0 Å². The number of hydrogen-bond acceptors (Lipinski definition) is 3. The fraction of sp³-hybridized carbons (Fsp3) is 0.538. The van der Waals surface area contributed by atoms with Crippen LogP contribution in [0.15, 0.2) is 24.3 Å². The average molecular weight is 221 g/mol. The van der Waals surface area contributed by atoms with Crippen LogP contribution >= 0.6 is 0 Å². The quantitative estimate of drug-likeness (QED) is 0.820. The number of ether oxygens (including phenoxy) is 1. The molecule has 1 aromatic rings. The van der Waals surface area contributed by atoms with E-state index < -0.39 is 0 Å². The van der Waals surface area contributed by atoms with E-state index in [0.717, 1.165) is 5.75 Å². The van der Waals surface area contributed by atoms with Crippen LogP contribution in [0.2, 0.25) is 0 Å². The molecule has 0 heterocycles. The second-order valence-corrected chi connectivity index (χ2v) is 4.69. The predicted octanol–water partition coefficient (Wildman–Crippen LogP) is 2.29. The fourth-order valence-corrected chi connectivity index (χ4v) is 2.31. The summed E-state index contributed by atoms with van der Waals surface area (Å²) < 4.78 is 5.75. The summed E-state index contributed by atoms with van der Waals surface area (Å²) in [6, 6.07) is 6.85. The van der Waals surface area contributed by atoms with Gasteiger partial charge in [0.2, 0.25) is 0 Å². The van der Waals surface area contributed by atoms with Crippen molar-refractivity contribution in [1.82, 2.24) is 0 Å². The molecule has 1 aromatic carbocycles. The number of aromatic hydroxyl groups is 1. The Morgan fingerprint density at radius 3 is 2.38 bits per heavy atom. The molecule has 88 valence electrons. The molecule has 0 aromatic heterocycles. The van der Waals surface area contributed by atoms with Crippen molar-refractivity contribution >= 4 is 0 Å². The Morgan fingerprint density at radius 1 is 1.19 bits per heavy atom. The Morgan fingerprint density at radius 2 is 1.81 bits per heavy atom. The molecule has 0 aliphatic heterocycles. The lowest BCUT2D eigenvalue weighted by atomic mass is 9.87. The van der Waals surface area contributed by atoms with Gasteiger partial charge in [-0.3, -0.25) is 0 Å². The van der Waals surface area contributed by atoms with Gasteiger partial charge < -0.3 is 15.6 Å². The summed E-state index contributed by atoms with van der Waals surface area (Å²) in [4.78, 5) is 0. The third-order valence-corrected chi connectivity index (χ3v) is 3.48. The van der Waals surface area contributed by atoms with Crippen LogP contribution in [0.4, 0.5) is 0 Å². The Kier molecular flexibility index (Phi) is 3.34. The van der Waals surface area contributed by atoms with E-state index in [1.807, 2.05) is 0 Å². The second kappa shape index (κ2) is 4.74. The maximum atomic E-state index is 9.16. The zero-order valence-electron chi connectivity index (χ0n) is 9.48. The van der Waals surface area contributed by atoms with Crippen LogP contribution in [0.25, 0.3) is 0 Å². The van der Waals surface area contributed by atoms with Gasteiger partial charge in [0.1, 0.15) is 11.5 Å². The van der Waals surface area contributed by atoms with E-state index in [0.29, 0.717) is 13.2 Å². The first kappa shape index (κ1) is 11.3. The van der Waals surface area contributed by atoms with E-state index in [1.165, 1.54) is 25.7 Å². The van der Waals surface area contributed by atoms with E-state index in [1.54, 1.807) is 24.3 Å². The summed E-state index contributed by atoms with van der Waals surface area (Å²) in [5.41, 5.74) is 6.02. The van der Waals surface area contributed by atoms with Crippen LogP contribution in [0.5, 0.6) is 11.5 Å². The molecule has 16 heavy (non-hydrogen) atoms. The molecule has 0 spiro atoms. The molecule has 0 bridgehead atoms. The van der Waals surface area contributed by atoms with Gasteiger partial charge in [0.25, 0.3) is 0 Å². The van der Waals surface area contributed by atoms with Gasteiger partial charge in [-0.2, -0.15) is 0 Å². The molecule has 1 fully saturated rings. The first-order chi connectivity index (χ1) is 7.74. The smallest absolute Gasteiger partial charge is 0.119 e. The molecule has 3 N–H and O–H groups in total. The minimum Gasteiger partial charge on any atom is -0.508 e. The van der Waals surface area contributed by atoms with Crippen molar-refractivity contribution in [2.24, 2.45) is 11.1 Å². The van der Waals surface area contributed by atoms with Crippen LogP contribution in [-0.4, -0.2) is 18.3 Å². The van der Waals surface area contributed by atoms with E-state index in [2.05, 4.69) is 0 Å². The van der Waals surface area contributed by atoms with E-state index in [9.17, 15) is 0 Å². The minimum atomic E-state index is 0.178. The van der Waals surface area contributed by atoms with Crippen molar-refractivity contribution in [3.05, 3.63) is 24.3 Å². The summed E-state index contributed by atoms with van der Waals surface area (Å²) in [7, 11) is 0. The number of benzene rings is 1. The minimum absolute atomic E-state index is 0.178. The number of nitrogens with two attached hydrogens (primary N) is 1. The first-order valence-corrected chi connectivity index (χ1v) is 5.86. The molecule has 0 unspecified atom stereocenters. The van der Waals surface area contributed by atoms with Gasteiger partial charge in [0.05, 0.1) is 6.61 Å². The number of hydrogen-bond donors (Lipinski definition) is 2. The third kappa shape index (κ3) is 2.47. The molecular weight excluding hydrogens is 202 g/mol. The van der Waals surface area contributed by atoms with Gasteiger partial charge in [0, 0.05) is 12.0 Å². The van der Waals surface area contributed by atoms with Crippen LogP contribution in [0, 0.1) is 5.41 Å². The van der Waals surface area contributed by atoms with Crippen LogP contribution < -0.4 is 10.5 Å². The van der Waals surface area contributed by atoms with Gasteiger partial charge in [0.15, 0.2) is 0 Å². The summed E-state index contributed by atoms with van der Waals surface area (Å²) in [5, 5.41) is 9.16. The standard InChI is InChI=1S/C13H19NO2/c14-9-13(7-1-2-8-13)10-16-12-5-3-11(15)4-6-12/h3-6,15H,1-2,7-10,14H2.